The summed E-state index contributed by atoms with van der Waals surface area (Å²) in [6.07, 6.45) is -11.1. The number of rotatable bonds is 6. The van der Waals surface area contributed by atoms with Gasteiger partial charge in [-0.15, -0.1) is 13.2 Å². The highest BCUT2D eigenvalue weighted by Crippen LogP contribution is 2.36. The fourth-order valence-electron chi connectivity index (χ4n) is 4.19. The number of nitrogens with one attached hydrogen (secondary N) is 1. The second-order valence-corrected chi connectivity index (χ2v) is 8.74. The molecule has 1 unspecified atom stereocenters. The largest absolute Gasteiger partial charge is 0.524 e. The number of hydrogen-bond acceptors (Lipinski definition) is 6. The SMILES string of the molecule is O=C(Nc1ccc(N2CC(O)C2)nc1)c1cc2nc(C(F)(F)F)ccc2n1C(OC(F)(F)F)c1ccccc1. The molecule has 8 nitrogen and oxygen atoms in total. The highest BCUT2D eigenvalue weighted by atomic mass is 19.4. The van der Waals surface area contributed by atoms with Crippen molar-refractivity contribution >= 4 is 28.4 Å². The smallest absolute Gasteiger partial charge is 0.389 e. The van der Waals surface area contributed by atoms with Crippen LogP contribution in [0.15, 0.2) is 66.9 Å². The maximum absolute atomic E-state index is 13.5. The van der Waals surface area contributed by atoms with E-state index in [2.05, 4.69) is 20.0 Å². The lowest BCUT2D eigenvalue weighted by molar-refractivity contribution is -0.348. The van der Waals surface area contributed by atoms with Crippen molar-refractivity contribution in [1.29, 1.82) is 0 Å². The number of aromatic nitrogens is 3. The normalized spacial score (nSPS) is 15.3. The van der Waals surface area contributed by atoms with Crippen molar-refractivity contribution in [3.05, 3.63) is 83.8 Å². The molecule has 5 rings (SSSR count). The first-order valence-electron chi connectivity index (χ1n) is 11.5. The number of nitrogens with zero attached hydrogens (tertiary/aromatic N) is 4. The van der Waals surface area contributed by atoms with E-state index in [1.54, 1.807) is 17.0 Å². The van der Waals surface area contributed by atoms with Crippen LogP contribution in [0.3, 0.4) is 0 Å². The Hall–Kier alpha value is -4.17. The van der Waals surface area contributed by atoms with Gasteiger partial charge in [0.2, 0.25) is 0 Å². The molecule has 1 amide bonds. The summed E-state index contributed by atoms with van der Waals surface area (Å²) in [6.45, 7) is 0.789. The average Bonchev–Trinajstić information content (AvgIpc) is 3.24. The van der Waals surface area contributed by atoms with Crippen LogP contribution in [0.5, 0.6) is 0 Å². The fraction of sp³-hybridized carbons (Fsp3) is 0.240. The van der Waals surface area contributed by atoms with E-state index in [1.165, 1.54) is 36.5 Å². The zero-order valence-electron chi connectivity index (χ0n) is 19.7. The monoisotopic (exact) mass is 551 g/mol. The fourth-order valence-corrected chi connectivity index (χ4v) is 4.19. The van der Waals surface area contributed by atoms with Crippen LogP contribution < -0.4 is 10.2 Å². The minimum atomic E-state index is -5.16. The molecular formula is C25H19F6N5O3. The molecule has 0 radical (unpaired) electrons. The lowest BCUT2D eigenvalue weighted by atomic mass is 10.2. The van der Waals surface area contributed by atoms with Gasteiger partial charge in [0.1, 0.15) is 17.2 Å². The van der Waals surface area contributed by atoms with Gasteiger partial charge in [-0.25, -0.2) is 9.97 Å². The van der Waals surface area contributed by atoms with E-state index in [1.807, 2.05) is 0 Å². The minimum Gasteiger partial charge on any atom is -0.389 e. The summed E-state index contributed by atoms with van der Waals surface area (Å²) in [5.41, 5.74) is -2.07. The molecule has 39 heavy (non-hydrogen) atoms. The van der Waals surface area contributed by atoms with E-state index in [-0.39, 0.29) is 22.3 Å². The first kappa shape index (κ1) is 26.4. The minimum absolute atomic E-state index is 0.0102. The number of ether oxygens (including phenoxy) is 1. The maximum atomic E-state index is 13.5. The Morgan fingerprint density at radius 3 is 2.33 bits per heavy atom. The molecule has 0 spiro atoms. The number of carbonyl (C=O) groups excluding carboxylic acids is 1. The number of carbonyl (C=O) groups is 1. The highest BCUT2D eigenvalue weighted by Gasteiger charge is 2.38. The third-order valence-electron chi connectivity index (χ3n) is 5.97. The topological polar surface area (TPSA) is 92.5 Å². The van der Waals surface area contributed by atoms with Crippen molar-refractivity contribution in [3.8, 4) is 0 Å². The number of fused-ring (bicyclic) bond motifs is 1. The van der Waals surface area contributed by atoms with E-state index < -0.39 is 42.2 Å². The number of aliphatic hydroxyl groups excluding tert-OH is 1. The Bertz CT molecular complexity index is 1480. The molecule has 204 valence electrons. The molecule has 1 aliphatic heterocycles. The molecule has 0 bridgehead atoms. The number of amides is 1. The summed E-state index contributed by atoms with van der Waals surface area (Å²) in [5, 5.41) is 12.0. The van der Waals surface area contributed by atoms with Gasteiger partial charge in [-0.1, -0.05) is 30.3 Å². The van der Waals surface area contributed by atoms with Crippen LogP contribution in [0, 0.1) is 0 Å². The predicted molar refractivity (Wildman–Crippen MR) is 127 cm³/mol. The van der Waals surface area contributed by atoms with Crippen LogP contribution in [0.1, 0.15) is 28.0 Å². The van der Waals surface area contributed by atoms with Gasteiger partial charge in [-0.05, 0) is 30.3 Å². The summed E-state index contributed by atoms with van der Waals surface area (Å²) in [7, 11) is 0. The van der Waals surface area contributed by atoms with E-state index >= 15 is 0 Å². The van der Waals surface area contributed by atoms with Gasteiger partial charge < -0.3 is 19.9 Å². The molecule has 4 heterocycles. The Morgan fingerprint density at radius 2 is 1.74 bits per heavy atom. The molecule has 1 saturated heterocycles. The molecule has 2 N–H and O–H groups in total. The van der Waals surface area contributed by atoms with E-state index in [9.17, 15) is 36.2 Å². The van der Waals surface area contributed by atoms with Gasteiger partial charge in [0.15, 0.2) is 6.23 Å². The molecule has 3 aromatic heterocycles. The molecule has 1 aromatic carbocycles. The van der Waals surface area contributed by atoms with Crippen molar-refractivity contribution in [2.45, 2.75) is 24.9 Å². The van der Waals surface area contributed by atoms with Crippen molar-refractivity contribution in [3.63, 3.8) is 0 Å². The molecule has 0 aliphatic carbocycles. The second kappa shape index (κ2) is 9.85. The van der Waals surface area contributed by atoms with Crippen LogP contribution in [0.25, 0.3) is 11.0 Å². The third kappa shape index (κ3) is 5.66. The molecule has 4 aromatic rings. The standard InChI is InChI=1S/C25H19F6N5O3/c26-24(27,28)20-8-7-18-17(34-20)10-19(36(18)23(39-25(29,30)31)14-4-2-1-3-5-14)22(38)33-15-6-9-21(32-11-15)35-12-16(37)13-35/h1-11,16,23,37H,12-13H2,(H,33,38). The van der Waals surface area contributed by atoms with Crippen molar-refractivity contribution < 1.29 is 41.0 Å². The number of pyridine rings is 2. The van der Waals surface area contributed by atoms with Crippen LogP contribution >= 0.6 is 0 Å². The van der Waals surface area contributed by atoms with Crippen molar-refractivity contribution in [2.75, 3.05) is 23.3 Å². The van der Waals surface area contributed by atoms with E-state index in [0.717, 1.165) is 16.7 Å². The van der Waals surface area contributed by atoms with Crippen LogP contribution in [-0.4, -0.2) is 51.1 Å². The number of β-amino-alcohol motifs (C(OH)–C–C–N with tert-alkyl or cyclic N) is 1. The Labute approximate surface area is 216 Å². The molecular weight excluding hydrogens is 532 g/mol. The quantitative estimate of drug-likeness (QED) is 0.329. The second-order valence-electron chi connectivity index (χ2n) is 8.74. The maximum Gasteiger partial charge on any atom is 0.524 e. The third-order valence-corrected chi connectivity index (χ3v) is 5.97. The van der Waals surface area contributed by atoms with E-state index in [0.29, 0.717) is 25.0 Å². The zero-order valence-corrected chi connectivity index (χ0v) is 19.7. The number of hydrogen-bond donors (Lipinski definition) is 2. The van der Waals surface area contributed by atoms with Crippen molar-refractivity contribution in [2.24, 2.45) is 0 Å². The number of halogens is 6. The zero-order chi connectivity index (χ0) is 27.9. The van der Waals surface area contributed by atoms with Crippen LogP contribution in [0.2, 0.25) is 0 Å². The highest BCUT2D eigenvalue weighted by molar-refractivity contribution is 6.06. The predicted octanol–water partition coefficient (Wildman–Crippen LogP) is 4.97. The lowest BCUT2D eigenvalue weighted by Gasteiger charge is -2.36. The number of anilines is 2. The first-order valence-corrected chi connectivity index (χ1v) is 11.5. The average molecular weight is 551 g/mol. The van der Waals surface area contributed by atoms with Gasteiger partial charge in [0.25, 0.3) is 5.91 Å². The summed E-state index contributed by atoms with van der Waals surface area (Å²) < 4.78 is 85.7. The number of alkyl halides is 6. The summed E-state index contributed by atoms with van der Waals surface area (Å²) in [4.78, 5) is 22.9. The molecule has 1 atom stereocenters. The lowest BCUT2D eigenvalue weighted by Crippen LogP contribution is -2.51. The molecule has 1 fully saturated rings. The Morgan fingerprint density at radius 1 is 1.03 bits per heavy atom. The van der Waals surface area contributed by atoms with Gasteiger partial charge >= 0.3 is 12.5 Å². The summed E-state index contributed by atoms with van der Waals surface area (Å²) in [5.74, 6) is -0.388. The molecule has 1 aliphatic rings. The summed E-state index contributed by atoms with van der Waals surface area (Å²) in [6, 6.07) is 12.7. The van der Waals surface area contributed by atoms with Crippen LogP contribution in [0.4, 0.5) is 37.8 Å². The van der Waals surface area contributed by atoms with E-state index in [4.69, 9.17) is 0 Å². The Balaban J connectivity index is 1.57. The van der Waals surface area contributed by atoms with Gasteiger partial charge in [0, 0.05) is 18.7 Å². The number of benzene rings is 1. The van der Waals surface area contributed by atoms with Gasteiger partial charge in [-0.2, -0.15) is 13.2 Å². The number of aliphatic hydroxyl groups is 1. The van der Waals surface area contributed by atoms with Crippen LogP contribution in [-0.2, 0) is 10.9 Å². The first-order chi connectivity index (χ1) is 18.4. The summed E-state index contributed by atoms with van der Waals surface area (Å²) >= 11 is 0. The molecule has 14 heteroatoms. The van der Waals surface area contributed by atoms with Gasteiger partial charge in [-0.3, -0.25) is 9.53 Å². The van der Waals surface area contributed by atoms with Gasteiger partial charge in [0.05, 0.1) is 29.0 Å². The molecule has 0 saturated carbocycles. The Kier molecular flexibility index (Phi) is 6.68. The van der Waals surface area contributed by atoms with Crippen molar-refractivity contribution in [1.82, 2.24) is 14.5 Å².